The van der Waals surface area contributed by atoms with Crippen LogP contribution in [0, 0.1) is 11.0 Å². The average molecular weight is 386 g/mol. The van der Waals surface area contributed by atoms with Crippen LogP contribution in [0.2, 0.25) is 0 Å². The van der Waals surface area contributed by atoms with E-state index in [1.807, 2.05) is 0 Å². The van der Waals surface area contributed by atoms with Gasteiger partial charge in [-0.3, -0.25) is 4.79 Å². The standard InChI is InChI=1S/C21H23FN2O4/c22-18-8-6-16(7-9-18)14-24(19-4-2-1-3-5-19)20(25)15-28-21(26)17-10-12-23(27)13-11-17/h6-13,19H,1-5,14-15H2. The molecule has 2 aromatic rings. The maximum atomic E-state index is 13.2. The quantitative estimate of drug-likeness (QED) is 0.435. The van der Waals surface area contributed by atoms with Crippen molar-refractivity contribution in [1.29, 1.82) is 0 Å². The molecule has 28 heavy (non-hydrogen) atoms. The summed E-state index contributed by atoms with van der Waals surface area (Å²) < 4.78 is 18.9. The number of hydrogen-bond donors (Lipinski definition) is 0. The van der Waals surface area contributed by atoms with Crippen molar-refractivity contribution in [3.8, 4) is 0 Å². The van der Waals surface area contributed by atoms with Crippen molar-refractivity contribution in [3.63, 3.8) is 0 Å². The number of amides is 1. The summed E-state index contributed by atoms with van der Waals surface area (Å²) in [6, 6.07) is 8.84. The highest BCUT2D eigenvalue weighted by Crippen LogP contribution is 2.24. The van der Waals surface area contributed by atoms with Crippen molar-refractivity contribution >= 4 is 11.9 Å². The van der Waals surface area contributed by atoms with E-state index in [9.17, 15) is 19.2 Å². The summed E-state index contributed by atoms with van der Waals surface area (Å²) in [5.74, 6) is -1.26. The number of ether oxygens (including phenoxy) is 1. The number of rotatable bonds is 6. The van der Waals surface area contributed by atoms with E-state index in [0.29, 0.717) is 11.3 Å². The first kappa shape index (κ1) is 19.8. The van der Waals surface area contributed by atoms with Crippen LogP contribution < -0.4 is 4.73 Å². The molecule has 0 unspecified atom stereocenters. The van der Waals surface area contributed by atoms with E-state index in [0.717, 1.165) is 37.7 Å². The van der Waals surface area contributed by atoms with Crippen LogP contribution in [0.4, 0.5) is 4.39 Å². The summed E-state index contributed by atoms with van der Waals surface area (Å²) in [5, 5.41) is 11.0. The molecule has 1 fully saturated rings. The summed E-state index contributed by atoms with van der Waals surface area (Å²) in [6.07, 6.45) is 7.46. The molecule has 0 saturated heterocycles. The van der Waals surface area contributed by atoms with Crippen LogP contribution in [0.3, 0.4) is 0 Å². The molecular weight excluding hydrogens is 363 g/mol. The molecule has 7 heteroatoms. The second-order valence-electron chi connectivity index (χ2n) is 6.96. The van der Waals surface area contributed by atoms with Gasteiger partial charge in [-0.15, -0.1) is 0 Å². The van der Waals surface area contributed by atoms with E-state index in [4.69, 9.17) is 4.74 Å². The van der Waals surface area contributed by atoms with Gasteiger partial charge in [-0.2, -0.15) is 4.73 Å². The number of benzene rings is 1. The van der Waals surface area contributed by atoms with Gasteiger partial charge in [0.25, 0.3) is 5.91 Å². The normalized spacial score (nSPS) is 14.5. The molecule has 3 rings (SSSR count). The Balaban J connectivity index is 1.65. The van der Waals surface area contributed by atoms with Crippen molar-refractivity contribution in [2.24, 2.45) is 0 Å². The highest BCUT2D eigenvalue weighted by Gasteiger charge is 2.26. The first-order valence-corrected chi connectivity index (χ1v) is 9.43. The number of aromatic nitrogens is 1. The predicted octanol–water partition coefficient (Wildman–Crippen LogP) is 2.98. The van der Waals surface area contributed by atoms with E-state index in [2.05, 4.69) is 0 Å². The Morgan fingerprint density at radius 1 is 1.07 bits per heavy atom. The van der Waals surface area contributed by atoms with Gasteiger partial charge in [-0.1, -0.05) is 31.4 Å². The third-order valence-corrected chi connectivity index (χ3v) is 4.97. The number of carbonyl (C=O) groups is 2. The molecule has 1 heterocycles. The maximum Gasteiger partial charge on any atom is 0.339 e. The molecule has 1 aliphatic rings. The topological polar surface area (TPSA) is 73.6 Å². The molecule has 0 radical (unpaired) electrons. The van der Waals surface area contributed by atoms with Crippen molar-refractivity contribution in [2.75, 3.05) is 6.61 Å². The van der Waals surface area contributed by atoms with E-state index >= 15 is 0 Å². The van der Waals surface area contributed by atoms with Gasteiger partial charge in [0.2, 0.25) is 0 Å². The molecule has 0 spiro atoms. The Bertz CT molecular complexity index is 802. The first-order chi connectivity index (χ1) is 13.5. The zero-order chi connectivity index (χ0) is 19.9. The lowest BCUT2D eigenvalue weighted by molar-refractivity contribution is -0.605. The molecule has 6 nitrogen and oxygen atoms in total. The molecular formula is C21H23FN2O4. The molecule has 1 aliphatic carbocycles. The first-order valence-electron chi connectivity index (χ1n) is 9.43. The lowest BCUT2D eigenvalue weighted by Crippen LogP contribution is -2.43. The van der Waals surface area contributed by atoms with Gasteiger partial charge < -0.3 is 14.8 Å². The fraction of sp³-hybridized carbons (Fsp3) is 0.381. The fourth-order valence-corrected chi connectivity index (χ4v) is 3.44. The summed E-state index contributed by atoms with van der Waals surface area (Å²) in [5.41, 5.74) is 1.04. The molecule has 1 amide bonds. The Morgan fingerprint density at radius 3 is 2.36 bits per heavy atom. The number of nitrogens with zero attached hydrogens (tertiary/aromatic N) is 2. The molecule has 1 aromatic carbocycles. The van der Waals surface area contributed by atoms with Crippen LogP contribution in [0.25, 0.3) is 0 Å². The van der Waals surface area contributed by atoms with Gasteiger partial charge >= 0.3 is 5.97 Å². The Morgan fingerprint density at radius 2 is 1.71 bits per heavy atom. The van der Waals surface area contributed by atoms with Gasteiger partial charge in [-0.25, -0.2) is 9.18 Å². The highest BCUT2D eigenvalue weighted by molar-refractivity contribution is 5.91. The molecule has 0 bridgehead atoms. The third-order valence-electron chi connectivity index (χ3n) is 4.97. The van der Waals surface area contributed by atoms with Crippen LogP contribution in [0.15, 0.2) is 48.8 Å². The van der Waals surface area contributed by atoms with Crippen LogP contribution in [-0.2, 0) is 16.1 Å². The van der Waals surface area contributed by atoms with Crippen molar-refractivity contribution in [3.05, 3.63) is 70.9 Å². The van der Waals surface area contributed by atoms with E-state index in [1.54, 1.807) is 17.0 Å². The van der Waals surface area contributed by atoms with Crippen molar-refractivity contribution < 1.29 is 23.4 Å². The van der Waals surface area contributed by atoms with Crippen LogP contribution in [0.5, 0.6) is 0 Å². The van der Waals surface area contributed by atoms with E-state index in [1.165, 1.54) is 36.7 Å². The van der Waals surface area contributed by atoms with Gasteiger partial charge in [-0.05, 0) is 30.5 Å². The number of carbonyl (C=O) groups excluding carboxylic acids is 2. The minimum Gasteiger partial charge on any atom is -0.619 e. The smallest absolute Gasteiger partial charge is 0.339 e. The minimum absolute atomic E-state index is 0.0844. The lowest BCUT2D eigenvalue weighted by Gasteiger charge is -2.34. The second kappa shape index (κ2) is 9.30. The number of pyridine rings is 1. The monoisotopic (exact) mass is 386 g/mol. The SMILES string of the molecule is O=C(OCC(=O)N(Cc1ccc(F)cc1)C1CCCCC1)c1cc[n+]([O-])cc1. The molecule has 0 atom stereocenters. The molecule has 0 N–H and O–H groups in total. The van der Waals surface area contributed by atoms with Crippen molar-refractivity contribution in [1.82, 2.24) is 4.90 Å². The Kier molecular flexibility index (Phi) is 6.57. The van der Waals surface area contributed by atoms with Gasteiger partial charge in [0.1, 0.15) is 5.82 Å². The summed E-state index contributed by atoms with van der Waals surface area (Å²) in [7, 11) is 0. The van der Waals surface area contributed by atoms with Crippen LogP contribution >= 0.6 is 0 Å². The number of esters is 1. The largest absolute Gasteiger partial charge is 0.619 e. The van der Waals surface area contributed by atoms with Gasteiger partial charge in [0.05, 0.1) is 5.56 Å². The van der Waals surface area contributed by atoms with Crippen LogP contribution in [0.1, 0.15) is 48.0 Å². The number of hydrogen-bond acceptors (Lipinski definition) is 4. The molecule has 1 aromatic heterocycles. The summed E-state index contributed by atoms with van der Waals surface area (Å²) in [4.78, 5) is 26.7. The predicted molar refractivity (Wildman–Crippen MR) is 99.5 cm³/mol. The van der Waals surface area contributed by atoms with Gasteiger partial charge in [0, 0.05) is 24.7 Å². The van der Waals surface area contributed by atoms with E-state index in [-0.39, 0.29) is 29.9 Å². The zero-order valence-corrected chi connectivity index (χ0v) is 15.6. The molecule has 0 aliphatic heterocycles. The van der Waals surface area contributed by atoms with Crippen molar-refractivity contribution in [2.45, 2.75) is 44.7 Å². The van der Waals surface area contributed by atoms with E-state index < -0.39 is 5.97 Å². The highest BCUT2D eigenvalue weighted by atomic mass is 19.1. The summed E-state index contributed by atoms with van der Waals surface area (Å²) >= 11 is 0. The summed E-state index contributed by atoms with van der Waals surface area (Å²) in [6.45, 7) is -0.0222. The number of halogens is 1. The minimum atomic E-state index is -0.653. The van der Waals surface area contributed by atoms with Crippen LogP contribution in [-0.4, -0.2) is 29.4 Å². The molecule has 1 saturated carbocycles. The average Bonchev–Trinajstić information content (AvgIpc) is 2.72. The molecule has 148 valence electrons. The Hall–Kier alpha value is -2.96. The van der Waals surface area contributed by atoms with Gasteiger partial charge in [0.15, 0.2) is 19.0 Å². The third kappa shape index (κ3) is 5.28. The fourth-order valence-electron chi connectivity index (χ4n) is 3.44. The Labute approximate surface area is 163 Å². The second-order valence-corrected chi connectivity index (χ2v) is 6.96. The lowest BCUT2D eigenvalue weighted by atomic mass is 9.93. The maximum absolute atomic E-state index is 13.2. The zero-order valence-electron chi connectivity index (χ0n) is 15.6.